The average Bonchev–Trinajstić information content (AvgIpc) is 3.16. The number of fused-ring (bicyclic) bond motifs is 30. The Kier molecular flexibility index (Phi) is 20.7. The van der Waals surface area contributed by atoms with E-state index < -0.39 is 23.3 Å². The fourth-order valence-electron chi connectivity index (χ4n) is 6.16. The van der Waals surface area contributed by atoms with E-state index in [4.69, 9.17) is 28.4 Å². The van der Waals surface area contributed by atoms with Crippen molar-refractivity contribution < 1.29 is 57.2 Å². The van der Waals surface area contributed by atoms with Gasteiger partial charge in [0.25, 0.3) is 0 Å². The summed E-state index contributed by atoms with van der Waals surface area (Å²) >= 11 is 4.28. The van der Waals surface area contributed by atoms with Gasteiger partial charge in [0.2, 0.25) is 0 Å². The topological polar surface area (TPSA) is 158 Å². The number of ether oxygens (including phenoxy) is 6. The zero-order valence-electron chi connectivity index (χ0n) is 32.2. The van der Waals surface area contributed by atoms with Crippen molar-refractivity contribution in [2.45, 2.75) is 112 Å². The highest BCUT2D eigenvalue weighted by Gasteiger charge is 2.34. The zero-order valence-corrected chi connectivity index (χ0v) is 34.6. The van der Waals surface area contributed by atoms with Crippen LogP contribution in [-0.2, 0) is 96.3 Å². The number of esters is 6. The van der Waals surface area contributed by atoms with E-state index in [1.807, 2.05) is 27.7 Å². The molecule has 4 bridgehead atoms. The summed E-state index contributed by atoms with van der Waals surface area (Å²) in [6.07, 6.45) is 2.93. The highest BCUT2D eigenvalue weighted by atomic mass is 32.2. The van der Waals surface area contributed by atoms with Crippen LogP contribution < -0.4 is 0 Å². The highest BCUT2D eigenvalue weighted by molar-refractivity contribution is 7.99. The van der Waals surface area contributed by atoms with Crippen LogP contribution in [0.25, 0.3) is 0 Å². The highest BCUT2D eigenvalue weighted by Crippen LogP contribution is 2.33. The van der Waals surface area contributed by atoms with Crippen LogP contribution >= 0.6 is 35.3 Å². The molecule has 3 aliphatic heterocycles. The Bertz CT molecular complexity index is 1260. The molecule has 0 fully saturated rings. The first-order valence-electron chi connectivity index (χ1n) is 18.9. The van der Waals surface area contributed by atoms with Crippen molar-refractivity contribution in [2.24, 2.45) is 5.41 Å². The normalized spacial score (nSPS) is 20.2. The predicted octanol–water partition coefficient (Wildman–Crippen LogP) is 6.10. The molecule has 3 aliphatic rings. The van der Waals surface area contributed by atoms with Crippen LogP contribution in [0.1, 0.15) is 106 Å². The van der Waals surface area contributed by atoms with Crippen LogP contribution in [0.15, 0.2) is 0 Å². The second-order valence-corrected chi connectivity index (χ2v) is 16.8. The molecule has 0 atom stereocenters. The largest absolute Gasteiger partial charge is 0.465 e. The first-order valence-corrected chi connectivity index (χ1v) is 22.4. The van der Waals surface area contributed by atoms with Gasteiger partial charge in [-0.2, -0.15) is 35.3 Å². The standard InChI is InChI=1S/C39H56O12S3/c1-5-27-30-21-46-33(40)9-15-52-18-12-36(43)49-24-39(8-4)25-50-37(44)13-19-53-16-10-34(41)47-22-31(27)29(7-3)32(28(30)6-2)23-48-35(42)11-17-54-20-14-38(45)51-26-39/h5-26H2,1-4H3. The summed E-state index contributed by atoms with van der Waals surface area (Å²) in [5.41, 5.74) is 4.36. The quantitative estimate of drug-likeness (QED) is 0.254. The summed E-state index contributed by atoms with van der Waals surface area (Å²) in [6.45, 7) is 7.58. The van der Waals surface area contributed by atoms with Crippen molar-refractivity contribution in [1.29, 1.82) is 0 Å². The van der Waals surface area contributed by atoms with Crippen LogP contribution in [0.5, 0.6) is 0 Å². The molecule has 54 heavy (non-hydrogen) atoms. The van der Waals surface area contributed by atoms with E-state index in [1.54, 1.807) is 0 Å². The van der Waals surface area contributed by atoms with Crippen molar-refractivity contribution in [1.82, 2.24) is 0 Å². The molecule has 0 aromatic heterocycles. The smallest absolute Gasteiger partial charge is 0.306 e. The molecule has 3 heterocycles. The van der Waals surface area contributed by atoms with Gasteiger partial charge in [-0.1, -0.05) is 27.7 Å². The third kappa shape index (κ3) is 15.0. The number of rotatable bonds is 4. The fraction of sp³-hybridized carbons (Fsp3) is 0.692. The van der Waals surface area contributed by atoms with Crippen molar-refractivity contribution in [3.05, 3.63) is 33.4 Å². The van der Waals surface area contributed by atoms with Gasteiger partial charge in [-0.15, -0.1) is 0 Å². The fourth-order valence-corrected chi connectivity index (χ4v) is 8.64. The van der Waals surface area contributed by atoms with Gasteiger partial charge in [-0.3, -0.25) is 28.8 Å². The lowest BCUT2D eigenvalue weighted by molar-refractivity contribution is -0.162. The predicted molar refractivity (Wildman–Crippen MR) is 209 cm³/mol. The van der Waals surface area contributed by atoms with Gasteiger partial charge in [0.05, 0.1) is 43.9 Å². The SMILES string of the molecule is CCc1c2c(CC)c3c(CC)c1COC(=O)CCSCCC(=O)OCC(CC)(COC(=O)CCSCCC(=O)OC2)COC(=O)CCSCCC(=O)OC3. The summed E-state index contributed by atoms with van der Waals surface area (Å²) in [5, 5.41) is 0. The molecular formula is C39H56O12S3. The van der Waals surface area contributed by atoms with Gasteiger partial charge in [-0.05, 0) is 59.1 Å². The lowest BCUT2D eigenvalue weighted by Gasteiger charge is -2.31. The van der Waals surface area contributed by atoms with Crippen LogP contribution in [0.3, 0.4) is 0 Å². The van der Waals surface area contributed by atoms with E-state index in [-0.39, 0.29) is 96.1 Å². The number of benzene rings is 1. The van der Waals surface area contributed by atoms with Crippen LogP contribution in [0, 0.1) is 5.41 Å². The minimum Gasteiger partial charge on any atom is -0.465 e. The van der Waals surface area contributed by atoms with Gasteiger partial charge < -0.3 is 28.4 Å². The maximum atomic E-state index is 13.0. The molecule has 15 heteroatoms. The number of hydrogen-bond donors (Lipinski definition) is 0. The molecule has 0 spiro atoms. The maximum absolute atomic E-state index is 13.0. The Balaban J connectivity index is 2.01. The lowest BCUT2D eigenvalue weighted by atomic mass is 9.84. The number of carbonyl (C=O) groups excluding carboxylic acids is 6. The number of thioether (sulfide) groups is 3. The summed E-state index contributed by atoms with van der Waals surface area (Å²) < 4.78 is 34.3. The third-order valence-electron chi connectivity index (χ3n) is 9.45. The first-order chi connectivity index (χ1) is 26.1. The van der Waals surface area contributed by atoms with E-state index in [2.05, 4.69) is 0 Å². The molecule has 0 amide bonds. The molecule has 4 rings (SSSR count). The summed E-state index contributed by atoms with van der Waals surface area (Å²) in [4.78, 5) is 77.2. The van der Waals surface area contributed by atoms with Gasteiger partial charge in [-0.25, -0.2) is 0 Å². The van der Waals surface area contributed by atoms with Gasteiger partial charge in [0.1, 0.15) is 39.6 Å². The molecule has 0 unspecified atom stereocenters. The van der Waals surface area contributed by atoms with E-state index in [0.717, 1.165) is 33.4 Å². The van der Waals surface area contributed by atoms with E-state index in [1.165, 1.54) is 35.3 Å². The third-order valence-corrected chi connectivity index (χ3v) is 12.4. The molecule has 302 valence electrons. The monoisotopic (exact) mass is 812 g/mol. The van der Waals surface area contributed by atoms with E-state index in [9.17, 15) is 28.8 Å². The van der Waals surface area contributed by atoms with Crippen molar-refractivity contribution in [3.8, 4) is 0 Å². The molecule has 0 radical (unpaired) electrons. The Morgan fingerprint density at radius 3 is 0.870 bits per heavy atom. The van der Waals surface area contributed by atoms with Gasteiger partial charge in [0, 0.05) is 34.5 Å². The van der Waals surface area contributed by atoms with E-state index >= 15 is 0 Å². The zero-order chi connectivity index (χ0) is 39.3. The van der Waals surface area contributed by atoms with Crippen LogP contribution in [0.2, 0.25) is 0 Å². The van der Waals surface area contributed by atoms with Crippen molar-refractivity contribution in [3.63, 3.8) is 0 Å². The Labute approximate surface area is 331 Å². The second-order valence-electron chi connectivity index (χ2n) is 13.1. The Hall–Kier alpha value is -2.91. The van der Waals surface area contributed by atoms with Crippen LogP contribution in [-0.4, -0.2) is 90.2 Å². The second kappa shape index (κ2) is 24.6. The molecule has 1 aromatic rings. The molecule has 0 aliphatic carbocycles. The molecule has 0 N–H and O–H groups in total. The molecule has 0 saturated heterocycles. The average molecular weight is 813 g/mol. The molecule has 1 aromatic carbocycles. The Morgan fingerprint density at radius 1 is 0.407 bits per heavy atom. The maximum Gasteiger partial charge on any atom is 0.306 e. The van der Waals surface area contributed by atoms with Crippen molar-refractivity contribution in [2.75, 3.05) is 54.3 Å². The van der Waals surface area contributed by atoms with Gasteiger partial charge >= 0.3 is 35.8 Å². The lowest BCUT2D eigenvalue weighted by Crippen LogP contribution is -2.39. The molecular weight excluding hydrogens is 757 g/mol. The summed E-state index contributed by atoms with van der Waals surface area (Å²) in [7, 11) is 0. The number of hydrogen-bond acceptors (Lipinski definition) is 15. The minimum atomic E-state index is -0.951. The van der Waals surface area contributed by atoms with E-state index in [0.29, 0.717) is 60.2 Å². The first kappa shape index (κ1) is 45.5. The molecule has 12 nitrogen and oxygen atoms in total. The molecule has 0 saturated carbocycles. The Morgan fingerprint density at radius 2 is 0.648 bits per heavy atom. The van der Waals surface area contributed by atoms with Gasteiger partial charge in [0.15, 0.2) is 0 Å². The minimum absolute atomic E-state index is 0.0192. The summed E-state index contributed by atoms with van der Waals surface area (Å²) in [5.74, 6) is 0.0779. The van der Waals surface area contributed by atoms with Crippen molar-refractivity contribution >= 4 is 71.1 Å². The number of carbonyl (C=O) groups is 6. The summed E-state index contributed by atoms with van der Waals surface area (Å²) in [6, 6.07) is 0. The van der Waals surface area contributed by atoms with Crippen LogP contribution in [0.4, 0.5) is 0 Å².